The van der Waals surface area contributed by atoms with Gasteiger partial charge in [0.05, 0.1) is 0 Å². The first kappa shape index (κ1) is 16.8. The maximum atomic E-state index is 11.9. The Morgan fingerprint density at radius 3 is 2.55 bits per heavy atom. The van der Waals surface area contributed by atoms with Crippen LogP contribution in [0, 0.1) is 12.8 Å². The number of aryl methyl sites for hydroxylation is 1. The molecule has 1 aromatic carbocycles. The molecule has 2 rings (SSSR count). The molecule has 112 valence electrons. The van der Waals surface area contributed by atoms with Crippen LogP contribution in [0.5, 0.6) is 5.75 Å². The second-order valence-corrected chi connectivity index (χ2v) is 5.32. The number of carbonyl (C=O) groups excluding carboxylic acids is 1. The van der Waals surface area contributed by atoms with Crippen LogP contribution in [0.3, 0.4) is 0 Å². The van der Waals surface area contributed by atoms with Gasteiger partial charge in [-0.15, -0.1) is 12.4 Å². The van der Waals surface area contributed by atoms with Crippen molar-refractivity contribution in [3.8, 4) is 5.75 Å². The van der Waals surface area contributed by atoms with Crippen LogP contribution in [0.1, 0.15) is 25.3 Å². The van der Waals surface area contributed by atoms with Crippen molar-refractivity contribution in [2.24, 2.45) is 11.7 Å². The molecule has 4 nitrogen and oxygen atoms in total. The predicted molar refractivity (Wildman–Crippen MR) is 82.2 cm³/mol. The van der Waals surface area contributed by atoms with Gasteiger partial charge in [-0.1, -0.05) is 17.7 Å². The van der Waals surface area contributed by atoms with Gasteiger partial charge in [-0.2, -0.15) is 0 Å². The zero-order valence-electron chi connectivity index (χ0n) is 12.0. The van der Waals surface area contributed by atoms with E-state index in [2.05, 4.69) is 5.32 Å². The third-order valence-corrected chi connectivity index (χ3v) is 3.44. The molecule has 5 heteroatoms. The van der Waals surface area contributed by atoms with Crippen molar-refractivity contribution in [3.63, 3.8) is 0 Å². The lowest BCUT2D eigenvalue weighted by atomic mass is 10.2. The normalized spacial score (nSPS) is 16.8. The lowest BCUT2D eigenvalue weighted by Crippen LogP contribution is -2.43. The maximum absolute atomic E-state index is 11.9. The Labute approximate surface area is 126 Å². The molecule has 2 unspecified atom stereocenters. The van der Waals surface area contributed by atoms with Crippen LogP contribution in [-0.2, 0) is 4.79 Å². The highest BCUT2D eigenvalue weighted by atomic mass is 35.5. The molecule has 1 amide bonds. The molecule has 2 atom stereocenters. The molecule has 0 spiro atoms. The zero-order chi connectivity index (χ0) is 13.8. The van der Waals surface area contributed by atoms with Gasteiger partial charge >= 0.3 is 0 Å². The molecule has 20 heavy (non-hydrogen) atoms. The summed E-state index contributed by atoms with van der Waals surface area (Å²) in [5.41, 5.74) is 7.11. The van der Waals surface area contributed by atoms with E-state index in [1.807, 2.05) is 31.2 Å². The maximum Gasteiger partial charge on any atom is 0.260 e. The van der Waals surface area contributed by atoms with Crippen LogP contribution >= 0.6 is 12.4 Å². The van der Waals surface area contributed by atoms with Crippen molar-refractivity contribution in [1.82, 2.24) is 5.32 Å². The highest BCUT2D eigenvalue weighted by molar-refractivity contribution is 5.85. The fraction of sp³-hybridized carbons (Fsp3) is 0.533. The molecule has 1 aromatic rings. The van der Waals surface area contributed by atoms with E-state index in [1.54, 1.807) is 6.92 Å². The summed E-state index contributed by atoms with van der Waals surface area (Å²) in [5.74, 6) is 1.19. The Morgan fingerprint density at radius 1 is 1.40 bits per heavy atom. The van der Waals surface area contributed by atoms with Crippen molar-refractivity contribution >= 4 is 18.3 Å². The minimum Gasteiger partial charge on any atom is -0.481 e. The molecule has 3 N–H and O–H groups in total. The van der Waals surface area contributed by atoms with Crippen LogP contribution in [0.25, 0.3) is 0 Å². The van der Waals surface area contributed by atoms with Crippen molar-refractivity contribution in [3.05, 3.63) is 29.8 Å². The third kappa shape index (κ3) is 5.02. The number of ether oxygens (including phenoxy) is 1. The first-order valence-electron chi connectivity index (χ1n) is 6.83. The van der Waals surface area contributed by atoms with E-state index in [0.29, 0.717) is 18.2 Å². The molecule has 1 saturated carbocycles. The molecule has 0 aliphatic heterocycles. The number of hydrogen-bond acceptors (Lipinski definition) is 3. The number of nitrogens with two attached hydrogens (primary N) is 1. The van der Waals surface area contributed by atoms with Crippen LogP contribution in [-0.4, -0.2) is 24.6 Å². The summed E-state index contributed by atoms with van der Waals surface area (Å²) in [7, 11) is 0. The van der Waals surface area contributed by atoms with Gasteiger partial charge in [-0.25, -0.2) is 0 Å². The van der Waals surface area contributed by atoms with E-state index in [4.69, 9.17) is 10.5 Å². The van der Waals surface area contributed by atoms with Crippen LogP contribution in [0.15, 0.2) is 24.3 Å². The summed E-state index contributed by atoms with van der Waals surface area (Å²) >= 11 is 0. The Morgan fingerprint density at radius 2 is 2.00 bits per heavy atom. The number of benzene rings is 1. The highest BCUT2D eigenvalue weighted by Crippen LogP contribution is 2.31. The average molecular weight is 299 g/mol. The van der Waals surface area contributed by atoms with Gasteiger partial charge in [0.15, 0.2) is 6.10 Å². The summed E-state index contributed by atoms with van der Waals surface area (Å²) in [5, 5.41) is 2.85. The van der Waals surface area contributed by atoms with Gasteiger partial charge in [0, 0.05) is 12.6 Å². The van der Waals surface area contributed by atoms with Crippen LogP contribution in [0.2, 0.25) is 0 Å². The standard InChI is InChI=1S/C15H22N2O2.ClH/c1-10-3-7-13(8-4-10)19-11(2)15(18)17-9-14(16)12-5-6-12;/h3-4,7-8,11-12,14H,5-6,9,16H2,1-2H3,(H,17,18);1H. The quantitative estimate of drug-likeness (QED) is 0.845. The zero-order valence-corrected chi connectivity index (χ0v) is 12.8. The van der Waals surface area contributed by atoms with Crippen molar-refractivity contribution in [2.45, 2.75) is 38.8 Å². The van der Waals surface area contributed by atoms with E-state index in [0.717, 1.165) is 0 Å². The summed E-state index contributed by atoms with van der Waals surface area (Å²) in [6.45, 7) is 4.29. The van der Waals surface area contributed by atoms with Crippen molar-refractivity contribution in [1.29, 1.82) is 0 Å². The van der Waals surface area contributed by atoms with Crippen LogP contribution < -0.4 is 15.8 Å². The molecule has 0 aromatic heterocycles. The summed E-state index contributed by atoms with van der Waals surface area (Å²) in [6.07, 6.45) is 1.87. The smallest absolute Gasteiger partial charge is 0.260 e. The van der Waals surface area contributed by atoms with E-state index in [1.165, 1.54) is 18.4 Å². The lowest BCUT2D eigenvalue weighted by Gasteiger charge is -2.17. The van der Waals surface area contributed by atoms with E-state index < -0.39 is 6.10 Å². The van der Waals surface area contributed by atoms with Gasteiger partial charge in [-0.3, -0.25) is 4.79 Å². The number of hydrogen-bond donors (Lipinski definition) is 2. The molecule has 1 fully saturated rings. The first-order chi connectivity index (χ1) is 9.06. The number of rotatable bonds is 6. The van der Waals surface area contributed by atoms with E-state index in [9.17, 15) is 4.79 Å². The fourth-order valence-corrected chi connectivity index (χ4v) is 1.93. The molecule has 1 aliphatic rings. The Hall–Kier alpha value is -1.26. The number of halogens is 1. The number of carbonyl (C=O) groups is 1. The van der Waals surface area contributed by atoms with E-state index >= 15 is 0 Å². The monoisotopic (exact) mass is 298 g/mol. The minimum atomic E-state index is -0.505. The first-order valence-corrected chi connectivity index (χ1v) is 6.83. The number of nitrogens with one attached hydrogen (secondary N) is 1. The Kier molecular flexibility index (Phi) is 6.30. The molecule has 0 bridgehead atoms. The van der Waals surface area contributed by atoms with Gasteiger partial charge < -0.3 is 15.8 Å². The van der Waals surface area contributed by atoms with Crippen molar-refractivity contribution in [2.75, 3.05) is 6.54 Å². The molecule has 1 aliphatic carbocycles. The minimum absolute atomic E-state index is 0. The van der Waals surface area contributed by atoms with Gasteiger partial charge in [0.1, 0.15) is 5.75 Å². The summed E-state index contributed by atoms with van der Waals surface area (Å²) in [4.78, 5) is 11.9. The predicted octanol–water partition coefficient (Wildman–Crippen LogP) is 2.04. The number of amides is 1. The lowest BCUT2D eigenvalue weighted by molar-refractivity contribution is -0.127. The van der Waals surface area contributed by atoms with Gasteiger partial charge in [0.25, 0.3) is 5.91 Å². The molecule has 0 radical (unpaired) electrons. The second-order valence-electron chi connectivity index (χ2n) is 5.32. The Balaban J connectivity index is 0.00000200. The van der Waals surface area contributed by atoms with Crippen LogP contribution in [0.4, 0.5) is 0 Å². The summed E-state index contributed by atoms with van der Waals surface area (Å²) in [6, 6.07) is 7.74. The molecular formula is C15H23ClN2O2. The fourth-order valence-electron chi connectivity index (χ4n) is 1.93. The highest BCUT2D eigenvalue weighted by Gasteiger charge is 2.28. The van der Waals surface area contributed by atoms with Crippen molar-refractivity contribution < 1.29 is 9.53 Å². The molecule has 0 saturated heterocycles. The summed E-state index contributed by atoms with van der Waals surface area (Å²) < 4.78 is 5.59. The largest absolute Gasteiger partial charge is 0.481 e. The third-order valence-electron chi connectivity index (χ3n) is 3.44. The van der Waals surface area contributed by atoms with E-state index in [-0.39, 0.29) is 24.4 Å². The second kappa shape index (κ2) is 7.50. The topological polar surface area (TPSA) is 64.3 Å². The molecule has 0 heterocycles. The Bertz CT molecular complexity index is 432. The SMILES string of the molecule is Cc1ccc(OC(C)C(=O)NCC(N)C2CC2)cc1.Cl. The molecular weight excluding hydrogens is 276 g/mol. The van der Waals surface area contributed by atoms with Gasteiger partial charge in [0.2, 0.25) is 0 Å². The van der Waals surface area contributed by atoms with Gasteiger partial charge in [-0.05, 0) is 44.7 Å². The average Bonchev–Trinajstić information content (AvgIpc) is 3.22.